The van der Waals surface area contributed by atoms with E-state index in [-0.39, 0.29) is 11.4 Å². The maximum Gasteiger partial charge on any atom is 0.358 e. The molecule has 0 bridgehead atoms. The summed E-state index contributed by atoms with van der Waals surface area (Å²) >= 11 is 4.71. The van der Waals surface area contributed by atoms with E-state index in [1.807, 2.05) is 6.07 Å². The summed E-state index contributed by atoms with van der Waals surface area (Å²) in [7, 11) is 1.41. The van der Waals surface area contributed by atoms with Crippen molar-refractivity contribution in [1.82, 2.24) is 9.78 Å². The Balaban J connectivity index is 2.57. The molecule has 0 aliphatic heterocycles. The highest BCUT2D eigenvalue weighted by atomic mass is 79.9. The van der Waals surface area contributed by atoms with Gasteiger partial charge >= 0.3 is 5.97 Å². The van der Waals surface area contributed by atoms with Crippen molar-refractivity contribution < 1.29 is 14.6 Å². The molecule has 2 aromatic heterocycles. The molecule has 16 heavy (non-hydrogen) atoms. The van der Waals surface area contributed by atoms with Crippen LogP contribution in [0.4, 0.5) is 0 Å². The second kappa shape index (κ2) is 4.26. The van der Waals surface area contributed by atoms with Crippen LogP contribution < -0.4 is 4.74 Å². The molecule has 2 aromatic rings. The summed E-state index contributed by atoms with van der Waals surface area (Å²) in [5.41, 5.74) is 0.0249. The molecular weight excluding hydrogens is 296 g/mol. The molecule has 0 amide bonds. The fourth-order valence-corrected chi connectivity index (χ4v) is 2.59. The first-order chi connectivity index (χ1) is 7.63. The largest absolute Gasteiger partial charge is 0.493 e. The summed E-state index contributed by atoms with van der Waals surface area (Å²) < 4.78 is 7.20. The van der Waals surface area contributed by atoms with Gasteiger partial charge in [0.15, 0.2) is 11.4 Å². The van der Waals surface area contributed by atoms with E-state index in [1.165, 1.54) is 29.3 Å². The SMILES string of the molecule is COc1cnn(-c2ccc(Br)s2)c1C(=O)O. The molecule has 84 valence electrons. The molecule has 0 atom stereocenters. The van der Waals surface area contributed by atoms with Gasteiger partial charge in [-0.05, 0) is 28.1 Å². The predicted octanol–water partition coefficient (Wildman–Crippen LogP) is 2.40. The lowest BCUT2D eigenvalue weighted by atomic mass is 10.4. The number of hydrogen-bond acceptors (Lipinski definition) is 4. The molecule has 0 unspecified atom stereocenters. The van der Waals surface area contributed by atoms with Crippen molar-refractivity contribution in [3.63, 3.8) is 0 Å². The Hall–Kier alpha value is -1.34. The molecule has 0 spiro atoms. The Bertz CT molecular complexity index is 535. The summed E-state index contributed by atoms with van der Waals surface area (Å²) in [6.45, 7) is 0. The lowest BCUT2D eigenvalue weighted by molar-refractivity contribution is 0.0683. The van der Waals surface area contributed by atoms with E-state index in [2.05, 4.69) is 21.0 Å². The molecule has 0 radical (unpaired) electrons. The molecule has 0 aromatic carbocycles. The number of halogens is 1. The first-order valence-corrected chi connectivity index (χ1v) is 5.85. The summed E-state index contributed by atoms with van der Waals surface area (Å²) in [6.07, 6.45) is 1.39. The van der Waals surface area contributed by atoms with Crippen LogP contribution in [-0.2, 0) is 0 Å². The van der Waals surface area contributed by atoms with Gasteiger partial charge in [-0.15, -0.1) is 11.3 Å². The zero-order chi connectivity index (χ0) is 11.7. The zero-order valence-electron chi connectivity index (χ0n) is 8.18. The second-order valence-corrected chi connectivity index (χ2v) is 5.30. The zero-order valence-corrected chi connectivity index (χ0v) is 10.6. The lowest BCUT2D eigenvalue weighted by Gasteiger charge is -2.01. The maximum absolute atomic E-state index is 11.1. The van der Waals surface area contributed by atoms with Gasteiger partial charge in [-0.2, -0.15) is 5.10 Å². The van der Waals surface area contributed by atoms with Gasteiger partial charge in [0.05, 0.1) is 17.1 Å². The van der Waals surface area contributed by atoms with Crippen LogP contribution in [0.1, 0.15) is 10.5 Å². The van der Waals surface area contributed by atoms with Gasteiger partial charge in [-0.25, -0.2) is 9.48 Å². The van der Waals surface area contributed by atoms with Gasteiger partial charge in [0, 0.05) is 0 Å². The number of ether oxygens (including phenoxy) is 1. The number of aromatic nitrogens is 2. The van der Waals surface area contributed by atoms with Gasteiger partial charge in [0.1, 0.15) is 5.00 Å². The van der Waals surface area contributed by atoms with Crippen LogP contribution in [0, 0.1) is 0 Å². The minimum absolute atomic E-state index is 0.0249. The minimum atomic E-state index is -1.07. The van der Waals surface area contributed by atoms with Crippen LogP contribution in [0.2, 0.25) is 0 Å². The van der Waals surface area contributed by atoms with E-state index in [1.54, 1.807) is 6.07 Å². The number of rotatable bonds is 3. The Kier molecular flexibility index (Phi) is 2.97. The highest BCUT2D eigenvalue weighted by Crippen LogP contribution is 2.28. The van der Waals surface area contributed by atoms with Crippen molar-refractivity contribution in [2.75, 3.05) is 7.11 Å². The molecule has 0 saturated carbocycles. The number of carbonyl (C=O) groups is 1. The van der Waals surface area contributed by atoms with Crippen LogP contribution >= 0.6 is 27.3 Å². The van der Waals surface area contributed by atoms with Gasteiger partial charge in [0.2, 0.25) is 0 Å². The standard InChI is InChI=1S/C9H7BrN2O3S/c1-15-5-4-11-12(8(5)9(13)14)7-3-2-6(10)16-7/h2-4H,1H3,(H,13,14). The summed E-state index contributed by atoms with van der Waals surface area (Å²) in [5, 5.41) is 13.8. The molecule has 0 saturated heterocycles. The first kappa shape index (κ1) is 11.2. The second-order valence-electron chi connectivity index (χ2n) is 2.86. The van der Waals surface area contributed by atoms with E-state index < -0.39 is 5.97 Å². The molecule has 0 fully saturated rings. The fraction of sp³-hybridized carbons (Fsp3) is 0.111. The van der Waals surface area contributed by atoms with Gasteiger partial charge in [0.25, 0.3) is 0 Å². The number of nitrogens with zero attached hydrogens (tertiary/aromatic N) is 2. The monoisotopic (exact) mass is 302 g/mol. The predicted molar refractivity (Wildman–Crippen MR) is 62.7 cm³/mol. The molecule has 2 heterocycles. The number of carboxylic acid groups (broad SMARTS) is 1. The third-order valence-electron chi connectivity index (χ3n) is 1.93. The van der Waals surface area contributed by atoms with Crippen LogP contribution in [0.15, 0.2) is 22.1 Å². The number of hydrogen-bond donors (Lipinski definition) is 1. The molecule has 2 rings (SSSR count). The van der Waals surface area contributed by atoms with E-state index in [9.17, 15) is 4.79 Å². The van der Waals surface area contributed by atoms with Crippen molar-refractivity contribution in [1.29, 1.82) is 0 Å². The third kappa shape index (κ3) is 1.83. The van der Waals surface area contributed by atoms with E-state index in [4.69, 9.17) is 9.84 Å². The Morgan fingerprint density at radius 3 is 2.88 bits per heavy atom. The highest BCUT2D eigenvalue weighted by Gasteiger charge is 2.20. The Labute approximate surface area is 103 Å². The smallest absolute Gasteiger partial charge is 0.358 e. The van der Waals surface area contributed by atoms with Crippen molar-refractivity contribution in [3.8, 4) is 10.8 Å². The van der Waals surface area contributed by atoms with Crippen LogP contribution in [0.25, 0.3) is 5.00 Å². The average Bonchev–Trinajstić information content (AvgIpc) is 2.82. The number of thiophene rings is 1. The Morgan fingerprint density at radius 1 is 1.62 bits per heavy atom. The number of aromatic carboxylic acids is 1. The maximum atomic E-state index is 11.1. The molecular formula is C9H7BrN2O3S. The minimum Gasteiger partial charge on any atom is -0.493 e. The molecule has 7 heteroatoms. The Morgan fingerprint density at radius 2 is 2.38 bits per heavy atom. The third-order valence-corrected chi connectivity index (χ3v) is 3.53. The van der Waals surface area contributed by atoms with Crippen molar-refractivity contribution in [3.05, 3.63) is 27.8 Å². The van der Waals surface area contributed by atoms with Crippen LogP contribution in [0.3, 0.4) is 0 Å². The number of carboxylic acids is 1. The van der Waals surface area contributed by atoms with Crippen LogP contribution in [-0.4, -0.2) is 28.0 Å². The van der Waals surface area contributed by atoms with Crippen molar-refractivity contribution in [2.45, 2.75) is 0 Å². The lowest BCUT2D eigenvalue weighted by Crippen LogP contribution is -2.07. The number of methoxy groups -OCH3 is 1. The quantitative estimate of drug-likeness (QED) is 0.945. The van der Waals surface area contributed by atoms with Crippen LogP contribution in [0.5, 0.6) is 5.75 Å². The van der Waals surface area contributed by atoms with E-state index >= 15 is 0 Å². The molecule has 1 N–H and O–H groups in total. The van der Waals surface area contributed by atoms with Gasteiger partial charge in [-0.1, -0.05) is 0 Å². The van der Waals surface area contributed by atoms with Gasteiger partial charge < -0.3 is 9.84 Å². The van der Waals surface area contributed by atoms with Crippen molar-refractivity contribution >= 4 is 33.2 Å². The van der Waals surface area contributed by atoms with Gasteiger partial charge in [-0.3, -0.25) is 0 Å². The first-order valence-electron chi connectivity index (χ1n) is 4.24. The van der Waals surface area contributed by atoms with E-state index in [0.29, 0.717) is 5.00 Å². The molecule has 0 aliphatic rings. The normalized spacial score (nSPS) is 10.4. The summed E-state index contributed by atoms with van der Waals surface area (Å²) in [4.78, 5) is 11.1. The summed E-state index contributed by atoms with van der Waals surface area (Å²) in [6, 6.07) is 3.62. The summed E-state index contributed by atoms with van der Waals surface area (Å²) in [5.74, 6) is -0.823. The average molecular weight is 303 g/mol. The molecule has 5 nitrogen and oxygen atoms in total. The molecule has 0 aliphatic carbocycles. The highest BCUT2D eigenvalue weighted by molar-refractivity contribution is 9.11. The van der Waals surface area contributed by atoms with Crippen molar-refractivity contribution in [2.24, 2.45) is 0 Å². The topological polar surface area (TPSA) is 64.4 Å². The fourth-order valence-electron chi connectivity index (χ4n) is 1.26. The van der Waals surface area contributed by atoms with E-state index in [0.717, 1.165) is 3.79 Å².